The Morgan fingerprint density at radius 1 is 1.12 bits per heavy atom. The van der Waals surface area contributed by atoms with E-state index in [1.807, 2.05) is 0 Å². The maximum atomic E-state index is 12.7. The molecule has 33 heavy (non-hydrogen) atoms. The number of ether oxygens (including phenoxy) is 3. The van der Waals surface area contributed by atoms with Gasteiger partial charge in [0.2, 0.25) is 10.0 Å². The number of nitrogens with one attached hydrogen (secondary N) is 1. The summed E-state index contributed by atoms with van der Waals surface area (Å²) < 4.78 is 42.1. The molecule has 0 spiro atoms. The van der Waals surface area contributed by atoms with Crippen molar-refractivity contribution in [2.45, 2.75) is 11.3 Å². The van der Waals surface area contributed by atoms with Gasteiger partial charge in [-0.15, -0.1) is 0 Å². The highest BCUT2D eigenvalue weighted by Gasteiger charge is 2.26. The largest absolute Gasteiger partial charge is 0.493 e. The van der Waals surface area contributed by atoms with Crippen LogP contribution in [0.3, 0.4) is 0 Å². The van der Waals surface area contributed by atoms with Crippen molar-refractivity contribution in [2.24, 2.45) is 0 Å². The van der Waals surface area contributed by atoms with E-state index in [1.165, 1.54) is 36.7 Å². The molecule has 11 nitrogen and oxygen atoms in total. The van der Waals surface area contributed by atoms with Gasteiger partial charge in [0.1, 0.15) is 5.56 Å². The van der Waals surface area contributed by atoms with Crippen LogP contribution >= 0.6 is 0 Å². The van der Waals surface area contributed by atoms with Gasteiger partial charge in [0.15, 0.2) is 11.5 Å². The van der Waals surface area contributed by atoms with Gasteiger partial charge in [-0.2, -0.15) is 4.31 Å². The van der Waals surface area contributed by atoms with Crippen LogP contribution in [0, 0.1) is 10.1 Å². The monoisotopic (exact) mass is 479 g/mol. The van der Waals surface area contributed by atoms with E-state index in [0.29, 0.717) is 32.7 Å². The first-order valence-corrected chi connectivity index (χ1v) is 11.6. The number of morpholine rings is 1. The van der Waals surface area contributed by atoms with Crippen LogP contribution in [0.5, 0.6) is 11.5 Å². The van der Waals surface area contributed by atoms with E-state index < -0.39 is 26.5 Å². The Kier molecular flexibility index (Phi) is 7.84. The molecule has 1 N–H and O–H groups in total. The summed E-state index contributed by atoms with van der Waals surface area (Å²) in [4.78, 5) is 23.5. The van der Waals surface area contributed by atoms with Crippen molar-refractivity contribution in [3.05, 3.63) is 57.6 Å². The van der Waals surface area contributed by atoms with Gasteiger partial charge in [-0.1, -0.05) is 12.1 Å². The number of rotatable bonds is 9. The van der Waals surface area contributed by atoms with E-state index in [4.69, 9.17) is 14.2 Å². The number of nitro groups is 1. The molecule has 1 saturated heterocycles. The average Bonchev–Trinajstić information content (AvgIpc) is 2.83. The number of sulfonamides is 1. The maximum absolute atomic E-state index is 12.7. The fraction of sp³-hybridized carbons (Fsp3) is 0.381. The number of carbonyl (C=O) groups is 1. The molecule has 0 unspecified atom stereocenters. The van der Waals surface area contributed by atoms with E-state index in [0.717, 1.165) is 11.6 Å². The zero-order valence-electron chi connectivity index (χ0n) is 18.3. The van der Waals surface area contributed by atoms with Gasteiger partial charge in [0.05, 0.1) is 43.3 Å². The first-order valence-electron chi connectivity index (χ1n) is 10.1. The average molecular weight is 480 g/mol. The molecule has 0 aliphatic carbocycles. The minimum Gasteiger partial charge on any atom is -0.493 e. The molecule has 12 heteroatoms. The Bertz CT molecular complexity index is 1110. The van der Waals surface area contributed by atoms with Gasteiger partial charge < -0.3 is 19.5 Å². The lowest BCUT2D eigenvalue weighted by molar-refractivity contribution is -0.385. The predicted octanol–water partition coefficient (Wildman–Crippen LogP) is 1.61. The van der Waals surface area contributed by atoms with Crippen LogP contribution in [0.4, 0.5) is 5.69 Å². The number of methoxy groups -OCH3 is 2. The maximum Gasteiger partial charge on any atom is 0.286 e. The normalized spacial score (nSPS) is 14.5. The number of hydrogen-bond donors (Lipinski definition) is 1. The lowest BCUT2D eigenvalue weighted by atomic mass is 10.1. The summed E-state index contributed by atoms with van der Waals surface area (Å²) in [7, 11) is -0.861. The smallest absolute Gasteiger partial charge is 0.286 e. The van der Waals surface area contributed by atoms with Crippen molar-refractivity contribution < 1.29 is 32.3 Å². The Morgan fingerprint density at radius 3 is 2.30 bits per heavy atom. The zero-order chi connectivity index (χ0) is 24.0. The lowest BCUT2D eigenvalue weighted by Gasteiger charge is -2.26. The molecule has 3 rings (SSSR count). The molecule has 0 radical (unpaired) electrons. The Labute approximate surface area is 191 Å². The summed E-state index contributed by atoms with van der Waals surface area (Å²) in [6.07, 6.45) is 0.407. The van der Waals surface area contributed by atoms with Crippen molar-refractivity contribution >= 4 is 21.6 Å². The minimum atomic E-state index is -3.58. The van der Waals surface area contributed by atoms with Gasteiger partial charge in [0, 0.05) is 25.7 Å². The third-order valence-corrected chi connectivity index (χ3v) is 7.09. The first-order chi connectivity index (χ1) is 15.8. The molecular formula is C21H25N3O8S. The van der Waals surface area contributed by atoms with Gasteiger partial charge in [-0.25, -0.2) is 8.42 Å². The second-order valence-corrected chi connectivity index (χ2v) is 9.09. The third kappa shape index (κ3) is 5.59. The van der Waals surface area contributed by atoms with Gasteiger partial charge in [-0.05, 0) is 24.1 Å². The van der Waals surface area contributed by atoms with E-state index in [2.05, 4.69) is 5.32 Å². The highest BCUT2D eigenvalue weighted by Crippen LogP contribution is 2.34. The first kappa shape index (κ1) is 24.4. The fourth-order valence-corrected chi connectivity index (χ4v) is 4.79. The molecule has 1 amide bonds. The van der Waals surface area contributed by atoms with Crippen LogP contribution in [0.2, 0.25) is 0 Å². The van der Waals surface area contributed by atoms with Gasteiger partial charge in [0.25, 0.3) is 11.6 Å². The van der Waals surface area contributed by atoms with E-state index in [9.17, 15) is 23.3 Å². The van der Waals surface area contributed by atoms with Crippen LogP contribution in [0.15, 0.2) is 41.3 Å². The second kappa shape index (κ2) is 10.6. The molecule has 0 atom stereocenters. The summed E-state index contributed by atoms with van der Waals surface area (Å²) >= 11 is 0. The molecule has 0 saturated carbocycles. The van der Waals surface area contributed by atoms with Crippen molar-refractivity contribution in [2.75, 3.05) is 47.1 Å². The van der Waals surface area contributed by atoms with Gasteiger partial charge >= 0.3 is 0 Å². The van der Waals surface area contributed by atoms with Crippen LogP contribution in [-0.2, 0) is 21.2 Å². The number of carbonyl (C=O) groups excluding carboxylic acids is 1. The highest BCUT2D eigenvalue weighted by molar-refractivity contribution is 7.89. The van der Waals surface area contributed by atoms with Crippen LogP contribution in [0.25, 0.3) is 0 Å². The number of nitrogens with zero attached hydrogens (tertiary/aromatic N) is 2. The minimum absolute atomic E-state index is 0.146. The summed E-state index contributed by atoms with van der Waals surface area (Å²) in [5.41, 5.74) is 0.255. The molecular weight excluding hydrogens is 454 g/mol. The van der Waals surface area contributed by atoms with E-state index in [1.54, 1.807) is 12.1 Å². The van der Waals surface area contributed by atoms with Crippen molar-refractivity contribution in [3.63, 3.8) is 0 Å². The number of benzene rings is 2. The predicted molar refractivity (Wildman–Crippen MR) is 118 cm³/mol. The molecule has 0 aromatic heterocycles. The number of hydrogen-bond acceptors (Lipinski definition) is 8. The molecule has 1 heterocycles. The third-order valence-electron chi connectivity index (χ3n) is 5.17. The summed E-state index contributed by atoms with van der Waals surface area (Å²) in [6.45, 7) is 1.57. The van der Waals surface area contributed by atoms with Crippen molar-refractivity contribution in [3.8, 4) is 11.5 Å². The van der Waals surface area contributed by atoms with Gasteiger partial charge in [-0.3, -0.25) is 14.9 Å². The molecule has 2 aromatic carbocycles. The van der Waals surface area contributed by atoms with Crippen molar-refractivity contribution in [1.82, 2.24) is 9.62 Å². The molecule has 178 valence electrons. The summed E-state index contributed by atoms with van der Waals surface area (Å²) in [5.74, 6) is -0.285. The number of amides is 1. The molecule has 0 bridgehead atoms. The Hall–Kier alpha value is -3.22. The highest BCUT2D eigenvalue weighted by atomic mass is 32.2. The quantitative estimate of drug-likeness (QED) is 0.423. The van der Waals surface area contributed by atoms with Crippen LogP contribution in [-0.4, -0.2) is 70.6 Å². The standard InChI is InChI=1S/C21H25N3O8S/c1-30-19-13-17(18(24(26)27)14-20(19)31-2)21(25)22-8-7-15-3-5-16(6-4-15)33(28,29)23-9-11-32-12-10-23/h3-6,13-14H,7-12H2,1-2H3,(H,22,25). The number of nitro benzene ring substituents is 1. The molecule has 1 aliphatic heterocycles. The van der Waals surface area contributed by atoms with E-state index in [-0.39, 0.29) is 28.5 Å². The summed E-state index contributed by atoms with van der Waals surface area (Å²) in [6, 6.07) is 8.82. The Morgan fingerprint density at radius 2 is 1.73 bits per heavy atom. The van der Waals surface area contributed by atoms with Crippen LogP contribution < -0.4 is 14.8 Å². The topological polar surface area (TPSA) is 137 Å². The molecule has 1 aliphatic rings. The lowest BCUT2D eigenvalue weighted by Crippen LogP contribution is -2.40. The fourth-order valence-electron chi connectivity index (χ4n) is 3.38. The Balaban J connectivity index is 1.65. The summed E-state index contributed by atoms with van der Waals surface area (Å²) in [5, 5.41) is 14.0. The van der Waals surface area contributed by atoms with Crippen LogP contribution in [0.1, 0.15) is 15.9 Å². The SMILES string of the molecule is COc1cc(C(=O)NCCc2ccc(S(=O)(=O)N3CCOCC3)cc2)c([N+](=O)[O-])cc1OC. The molecule has 1 fully saturated rings. The van der Waals surface area contributed by atoms with E-state index >= 15 is 0 Å². The zero-order valence-corrected chi connectivity index (χ0v) is 19.1. The molecule has 2 aromatic rings. The van der Waals surface area contributed by atoms with Crippen molar-refractivity contribution in [1.29, 1.82) is 0 Å². The second-order valence-electron chi connectivity index (χ2n) is 7.15.